The lowest BCUT2D eigenvalue weighted by atomic mass is 10.1. The van der Waals surface area contributed by atoms with Crippen molar-refractivity contribution in [3.63, 3.8) is 0 Å². The molecule has 162 valence electrons. The summed E-state index contributed by atoms with van der Waals surface area (Å²) in [6.07, 6.45) is 2.33. The lowest BCUT2D eigenvalue weighted by molar-refractivity contribution is -0.0390. The van der Waals surface area contributed by atoms with Crippen molar-refractivity contribution in [1.29, 1.82) is 0 Å². The molecule has 2 fully saturated rings. The number of ether oxygens (including phenoxy) is 3. The number of hydrogen-bond acceptors (Lipinski definition) is 5. The lowest BCUT2D eigenvalue weighted by Crippen LogP contribution is -2.44. The van der Waals surface area contributed by atoms with Crippen molar-refractivity contribution in [2.45, 2.75) is 39.0 Å². The molecule has 2 aliphatic rings. The molecule has 2 N–H and O–H groups in total. The van der Waals surface area contributed by atoms with E-state index in [1.54, 1.807) is 0 Å². The second kappa shape index (κ2) is 12.8. The van der Waals surface area contributed by atoms with Crippen molar-refractivity contribution in [2.24, 2.45) is 4.99 Å². The minimum Gasteiger partial charge on any atom is -0.381 e. The van der Waals surface area contributed by atoms with Crippen LogP contribution in [0.1, 0.15) is 30.9 Å². The first-order valence-corrected chi connectivity index (χ1v) is 10.9. The number of guanidine groups is 1. The van der Waals surface area contributed by atoms with Gasteiger partial charge in [-0.3, -0.25) is 4.90 Å². The fourth-order valence-electron chi connectivity index (χ4n) is 3.47. The number of benzene rings is 1. The highest BCUT2D eigenvalue weighted by Gasteiger charge is 2.14. The topological polar surface area (TPSA) is 67.4 Å². The molecule has 2 aliphatic heterocycles. The highest BCUT2D eigenvalue weighted by Crippen LogP contribution is 2.14. The van der Waals surface area contributed by atoms with Crippen molar-refractivity contribution in [2.75, 3.05) is 59.2 Å². The Morgan fingerprint density at radius 3 is 2.45 bits per heavy atom. The fraction of sp³-hybridized carbons (Fsp3) is 0.682. The average Bonchev–Trinajstić information content (AvgIpc) is 2.78. The molecular weight excluding hydrogens is 368 g/mol. The average molecular weight is 405 g/mol. The van der Waals surface area contributed by atoms with E-state index in [1.807, 2.05) is 0 Å². The van der Waals surface area contributed by atoms with E-state index in [0.717, 1.165) is 78.0 Å². The van der Waals surface area contributed by atoms with Gasteiger partial charge in [0.1, 0.15) is 0 Å². The summed E-state index contributed by atoms with van der Waals surface area (Å²) in [6, 6.07) is 8.57. The quantitative estimate of drug-likeness (QED) is 0.483. The third kappa shape index (κ3) is 8.30. The van der Waals surface area contributed by atoms with E-state index in [0.29, 0.717) is 19.3 Å². The highest BCUT2D eigenvalue weighted by molar-refractivity contribution is 5.79. The van der Waals surface area contributed by atoms with E-state index >= 15 is 0 Å². The second-order valence-electron chi connectivity index (χ2n) is 7.52. The van der Waals surface area contributed by atoms with Crippen molar-refractivity contribution in [1.82, 2.24) is 15.5 Å². The molecule has 2 saturated heterocycles. The van der Waals surface area contributed by atoms with E-state index in [1.165, 1.54) is 11.1 Å². The largest absolute Gasteiger partial charge is 0.381 e. The number of hydrogen-bond donors (Lipinski definition) is 2. The van der Waals surface area contributed by atoms with Gasteiger partial charge in [-0.2, -0.15) is 0 Å². The Balaban J connectivity index is 1.40. The van der Waals surface area contributed by atoms with Crippen molar-refractivity contribution < 1.29 is 14.2 Å². The van der Waals surface area contributed by atoms with E-state index in [9.17, 15) is 0 Å². The van der Waals surface area contributed by atoms with Crippen LogP contribution in [-0.2, 0) is 27.4 Å². The number of morpholine rings is 1. The smallest absolute Gasteiger partial charge is 0.191 e. The summed E-state index contributed by atoms with van der Waals surface area (Å²) in [4.78, 5) is 7.14. The fourth-order valence-corrected chi connectivity index (χ4v) is 3.47. The van der Waals surface area contributed by atoms with Gasteiger partial charge in [-0.1, -0.05) is 24.3 Å². The first-order valence-electron chi connectivity index (χ1n) is 10.9. The lowest BCUT2D eigenvalue weighted by Gasteiger charge is -2.26. The SMILES string of the molecule is CCNC(=NCc1ccc(COC2CCOCC2)cc1)NCCN1CCOCC1. The molecule has 2 heterocycles. The minimum absolute atomic E-state index is 0.333. The van der Waals surface area contributed by atoms with Crippen LogP contribution in [0.25, 0.3) is 0 Å². The molecule has 0 radical (unpaired) electrons. The van der Waals surface area contributed by atoms with E-state index in [-0.39, 0.29) is 0 Å². The summed E-state index contributed by atoms with van der Waals surface area (Å²) in [5, 5.41) is 6.76. The van der Waals surface area contributed by atoms with Gasteiger partial charge in [0.05, 0.1) is 32.5 Å². The van der Waals surface area contributed by atoms with Gasteiger partial charge in [-0.25, -0.2) is 4.99 Å². The number of aliphatic imine (C=N–C) groups is 1. The second-order valence-corrected chi connectivity index (χ2v) is 7.52. The molecular formula is C22H36N4O3. The van der Waals surface area contributed by atoms with Crippen molar-refractivity contribution in [3.05, 3.63) is 35.4 Å². The number of rotatable bonds is 9. The van der Waals surface area contributed by atoms with Gasteiger partial charge in [0.2, 0.25) is 0 Å². The van der Waals surface area contributed by atoms with Crippen LogP contribution < -0.4 is 10.6 Å². The van der Waals surface area contributed by atoms with Crippen molar-refractivity contribution >= 4 is 5.96 Å². The molecule has 0 bridgehead atoms. The van der Waals surface area contributed by atoms with Gasteiger partial charge < -0.3 is 24.8 Å². The number of nitrogens with one attached hydrogen (secondary N) is 2. The van der Waals surface area contributed by atoms with Crippen molar-refractivity contribution in [3.8, 4) is 0 Å². The maximum absolute atomic E-state index is 5.99. The standard InChI is InChI=1S/C22H36N4O3/c1-2-23-22(24-9-10-26-11-15-28-16-12-26)25-17-19-3-5-20(6-4-19)18-29-21-7-13-27-14-8-21/h3-6,21H,2,7-18H2,1H3,(H2,23,24,25). The molecule has 3 rings (SSSR count). The summed E-state index contributed by atoms with van der Waals surface area (Å²) >= 11 is 0. The van der Waals surface area contributed by atoms with Gasteiger partial charge in [0, 0.05) is 45.9 Å². The zero-order chi connectivity index (χ0) is 20.2. The van der Waals surface area contributed by atoms with Gasteiger partial charge in [0.25, 0.3) is 0 Å². The predicted octanol–water partition coefficient (Wildman–Crippen LogP) is 1.77. The minimum atomic E-state index is 0.333. The van der Waals surface area contributed by atoms with Gasteiger partial charge in [-0.05, 0) is 30.9 Å². The summed E-state index contributed by atoms with van der Waals surface area (Å²) in [5.74, 6) is 0.868. The molecule has 0 amide bonds. The van der Waals surface area contributed by atoms with Crippen LogP contribution >= 0.6 is 0 Å². The first-order chi connectivity index (χ1) is 14.3. The zero-order valence-electron chi connectivity index (χ0n) is 17.7. The molecule has 1 aromatic carbocycles. The molecule has 0 aromatic heterocycles. The third-order valence-electron chi connectivity index (χ3n) is 5.27. The normalized spacial score (nSPS) is 19.3. The molecule has 0 saturated carbocycles. The van der Waals surface area contributed by atoms with Crippen LogP contribution in [0.4, 0.5) is 0 Å². The van der Waals surface area contributed by atoms with E-state index in [2.05, 4.69) is 46.7 Å². The molecule has 7 nitrogen and oxygen atoms in total. The first kappa shape index (κ1) is 22.0. The van der Waals surface area contributed by atoms with Crippen LogP contribution in [0, 0.1) is 0 Å². The summed E-state index contributed by atoms with van der Waals surface area (Å²) in [7, 11) is 0. The Hall–Kier alpha value is -1.67. The van der Waals surface area contributed by atoms with E-state index in [4.69, 9.17) is 19.2 Å². The summed E-state index contributed by atoms with van der Waals surface area (Å²) in [6.45, 7) is 11.5. The van der Waals surface area contributed by atoms with E-state index < -0.39 is 0 Å². The van der Waals surface area contributed by atoms with Crippen LogP contribution in [0.15, 0.2) is 29.3 Å². The van der Waals surface area contributed by atoms with Gasteiger partial charge in [-0.15, -0.1) is 0 Å². The Morgan fingerprint density at radius 2 is 1.72 bits per heavy atom. The molecule has 0 spiro atoms. The third-order valence-corrected chi connectivity index (χ3v) is 5.27. The van der Waals surface area contributed by atoms with Crippen LogP contribution in [0.5, 0.6) is 0 Å². The van der Waals surface area contributed by atoms with Crippen LogP contribution in [0.2, 0.25) is 0 Å². The summed E-state index contributed by atoms with van der Waals surface area (Å²) in [5.41, 5.74) is 2.41. The Bertz CT molecular complexity index is 597. The highest BCUT2D eigenvalue weighted by atomic mass is 16.5. The zero-order valence-corrected chi connectivity index (χ0v) is 17.7. The molecule has 0 aliphatic carbocycles. The Morgan fingerprint density at radius 1 is 1.03 bits per heavy atom. The van der Waals surface area contributed by atoms with Gasteiger partial charge in [0.15, 0.2) is 5.96 Å². The molecule has 7 heteroatoms. The Kier molecular flexibility index (Phi) is 9.72. The molecule has 1 aromatic rings. The molecule has 29 heavy (non-hydrogen) atoms. The maximum Gasteiger partial charge on any atom is 0.191 e. The predicted molar refractivity (Wildman–Crippen MR) is 115 cm³/mol. The van der Waals surface area contributed by atoms with Crippen LogP contribution in [0.3, 0.4) is 0 Å². The molecule has 0 unspecified atom stereocenters. The molecule has 0 atom stereocenters. The number of nitrogens with zero attached hydrogens (tertiary/aromatic N) is 2. The maximum atomic E-state index is 5.99. The summed E-state index contributed by atoms with van der Waals surface area (Å²) < 4.78 is 16.8. The van der Waals surface area contributed by atoms with Crippen LogP contribution in [-0.4, -0.2) is 76.1 Å². The van der Waals surface area contributed by atoms with Gasteiger partial charge >= 0.3 is 0 Å². The Labute approximate surface area is 174 Å². The monoisotopic (exact) mass is 404 g/mol.